The lowest BCUT2D eigenvalue weighted by Crippen LogP contribution is -1.84. The molecule has 13 aromatic rings. The molecule has 0 bridgehead atoms. The van der Waals surface area contributed by atoms with E-state index in [1.165, 1.54) is 74.7 Å². The second-order valence-electron chi connectivity index (χ2n) is 18.4. The molecular weight excluding hydrogens is 1050 g/mol. The number of hydrogen-bond donors (Lipinski definition) is 0. The predicted octanol–water partition coefficient (Wildman–Crippen LogP) is 15.8. The van der Waals surface area contributed by atoms with E-state index < -0.39 is 0 Å². The lowest BCUT2D eigenvalue weighted by molar-refractivity contribution is 0.974. The Morgan fingerprint density at radius 3 is 1.18 bits per heavy atom. The molecule has 0 saturated heterocycles. The van der Waals surface area contributed by atoms with E-state index in [0.29, 0.717) is 0 Å². The summed E-state index contributed by atoms with van der Waals surface area (Å²) in [5, 5.41) is 5.33. The Balaban J connectivity index is 0.000000246. The molecule has 0 spiro atoms. The molecule has 14 heteroatoms. The maximum atomic E-state index is 3.98. The van der Waals surface area contributed by atoms with Gasteiger partial charge in [-0.3, -0.25) is 24.9 Å². The van der Waals surface area contributed by atoms with Gasteiger partial charge < -0.3 is 0 Å². The summed E-state index contributed by atoms with van der Waals surface area (Å²) in [7, 11) is 0. The molecule has 0 aliphatic rings. The van der Waals surface area contributed by atoms with Gasteiger partial charge in [0.2, 0.25) is 0 Å². The molecule has 8 aromatic heterocycles. The Morgan fingerprint density at radius 2 is 0.765 bits per heavy atom. The SMILES string of the molecule is Cc1ccc2ccccc2c1.Cc1cccc2ccccc12.Cc1ccccc1.Cc1ccccn1.Cc1cccnc1.Cc1ccncc1.Cc1ccncn1.Cc1cnccn1.Cc1cncnc1.Cc1ncccn1.Cc1ncncn1. The van der Waals surface area contributed by atoms with Crippen LogP contribution in [0.15, 0.2) is 276 Å². The highest BCUT2D eigenvalue weighted by Gasteiger charge is 1.93. The van der Waals surface area contributed by atoms with E-state index in [4.69, 9.17) is 0 Å². The number of benzene rings is 5. The summed E-state index contributed by atoms with van der Waals surface area (Å²) in [5.41, 5.74) is 10.6. The van der Waals surface area contributed by atoms with Crippen molar-refractivity contribution in [2.24, 2.45) is 0 Å². The van der Waals surface area contributed by atoms with Gasteiger partial charge >= 0.3 is 0 Å². The van der Waals surface area contributed by atoms with Crippen molar-refractivity contribution >= 4 is 21.5 Å². The molecule has 0 radical (unpaired) electrons. The Hall–Kier alpha value is -10.6. The topological polar surface area (TPSA) is 180 Å². The van der Waals surface area contributed by atoms with Crippen LogP contribution in [-0.4, -0.2) is 69.8 Å². The molecule has 8 heterocycles. The van der Waals surface area contributed by atoms with Crippen LogP contribution in [0.25, 0.3) is 21.5 Å². The smallest absolute Gasteiger partial charge is 0.128 e. The summed E-state index contributed by atoms with van der Waals surface area (Å²) in [4.78, 5) is 53.5. The number of pyridine rings is 3. The predicted molar refractivity (Wildman–Crippen MR) is 347 cm³/mol. The number of aryl methyl sites for hydroxylation is 11. The maximum absolute atomic E-state index is 3.98. The van der Waals surface area contributed by atoms with Crippen molar-refractivity contribution in [2.45, 2.75) is 76.2 Å². The fourth-order valence-electron chi connectivity index (χ4n) is 6.33. The van der Waals surface area contributed by atoms with Crippen LogP contribution in [-0.2, 0) is 0 Å². The van der Waals surface area contributed by atoms with Crippen molar-refractivity contribution in [1.82, 2.24) is 69.8 Å². The van der Waals surface area contributed by atoms with Crippen molar-refractivity contribution < 1.29 is 0 Å². The molecule has 432 valence electrons. The zero-order chi connectivity index (χ0) is 61.4. The Bertz CT molecular complexity index is 3090. The molecule has 0 N–H and O–H groups in total. The van der Waals surface area contributed by atoms with Gasteiger partial charge in [0.15, 0.2) is 0 Å². The maximum Gasteiger partial charge on any atom is 0.128 e. The average molecular weight is 1130 g/mol. The molecule has 0 aliphatic heterocycles. The molecule has 5 aromatic carbocycles. The lowest BCUT2D eigenvalue weighted by atomic mass is 10.1. The molecule has 85 heavy (non-hydrogen) atoms. The largest absolute Gasteiger partial charge is 0.265 e. The van der Waals surface area contributed by atoms with Crippen LogP contribution in [0.3, 0.4) is 0 Å². The van der Waals surface area contributed by atoms with Crippen LogP contribution < -0.4 is 0 Å². The molecule has 0 saturated carbocycles. The van der Waals surface area contributed by atoms with Gasteiger partial charge in [-0.25, -0.2) is 44.9 Å². The number of aromatic nitrogens is 14. The molecule has 0 atom stereocenters. The Kier molecular flexibility index (Phi) is 35.6. The van der Waals surface area contributed by atoms with Crippen molar-refractivity contribution in [2.75, 3.05) is 0 Å². The third-order valence-corrected chi connectivity index (χ3v) is 10.8. The van der Waals surface area contributed by atoms with Crippen LogP contribution in [0.2, 0.25) is 0 Å². The van der Waals surface area contributed by atoms with Crippen molar-refractivity contribution in [3.05, 3.63) is 338 Å². The standard InChI is InChI=1S/2C11H10.C7H8.3C6H7N.4C5H6N2.C4H5N3/c1-9-5-4-7-10-6-2-3-8-11(9)10;1-9-6-7-10-4-2-3-5-11(10)8-9;1-7-5-3-2-4-6-7;1-6-2-4-7-5-3-6;1-6-3-2-4-7-5-6;1-6-4-2-3-5-7-6;1-5-2-6-4-7-3-5;1-5-4-6-2-3-7-5;1-5-2-3-6-4-7-5;1-5-6-3-2-4-7-5;1-4-6-2-5-3-7-4/h2*2-8H,1H3;2-6H,1H3;3*2-5H,1H3;4*2-4H,1H3;2-3H,1H3. The van der Waals surface area contributed by atoms with E-state index >= 15 is 0 Å². The molecule has 0 amide bonds. The molecule has 0 unspecified atom stereocenters. The third kappa shape index (κ3) is 35.7. The van der Waals surface area contributed by atoms with Gasteiger partial charge in [0.05, 0.1) is 5.69 Å². The summed E-state index contributed by atoms with van der Waals surface area (Å²) in [6.45, 7) is 21.9. The minimum Gasteiger partial charge on any atom is -0.265 e. The first-order chi connectivity index (χ1) is 41.3. The molecule has 0 fully saturated rings. The van der Waals surface area contributed by atoms with Crippen LogP contribution in [0.5, 0.6) is 0 Å². The third-order valence-electron chi connectivity index (χ3n) is 10.8. The Morgan fingerprint density at radius 1 is 0.224 bits per heavy atom. The quantitative estimate of drug-likeness (QED) is 0.140. The van der Waals surface area contributed by atoms with Crippen LogP contribution in [0.4, 0.5) is 0 Å². The summed E-state index contributed by atoms with van der Waals surface area (Å²) < 4.78 is 0. The van der Waals surface area contributed by atoms with Crippen LogP contribution >= 0.6 is 0 Å². The summed E-state index contributed by atoms with van der Waals surface area (Å²) >= 11 is 0. The second kappa shape index (κ2) is 44.1. The molecule has 13 rings (SSSR count). The van der Waals surface area contributed by atoms with E-state index in [9.17, 15) is 0 Å². The van der Waals surface area contributed by atoms with Gasteiger partial charge in [-0.2, -0.15) is 0 Å². The normalized spacial score (nSPS) is 9.12. The first-order valence-corrected chi connectivity index (χ1v) is 27.3. The minimum atomic E-state index is 0.759. The molecule has 0 aliphatic carbocycles. The molecule has 14 nitrogen and oxygen atoms in total. The monoisotopic (exact) mass is 1130 g/mol. The van der Waals surface area contributed by atoms with E-state index in [1.54, 1.807) is 80.4 Å². The van der Waals surface area contributed by atoms with Crippen molar-refractivity contribution in [1.29, 1.82) is 0 Å². The van der Waals surface area contributed by atoms with Gasteiger partial charge in [0.25, 0.3) is 0 Å². The number of fused-ring (bicyclic) bond motifs is 2. The first kappa shape index (κ1) is 68.7. The zero-order valence-corrected chi connectivity index (χ0v) is 50.7. The van der Waals surface area contributed by atoms with Gasteiger partial charge in [-0.05, 0) is 162 Å². The fraction of sp³-hybridized carbons (Fsp3) is 0.155. The lowest BCUT2D eigenvalue weighted by Gasteiger charge is -1.98. The van der Waals surface area contributed by atoms with Crippen LogP contribution in [0, 0.1) is 76.2 Å². The van der Waals surface area contributed by atoms with Gasteiger partial charge in [0, 0.05) is 91.9 Å². The number of nitrogens with zero attached hydrogens (tertiary/aromatic N) is 14. The average Bonchev–Trinajstić information content (AvgIpc) is 3.74. The van der Waals surface area contributed by atoms with Crippen molar-refractivity contribution in [3.8, 4) is 0 Å². The van der Waals surface area contributed by atoms with E-state index in [-0.39, 0.29) is 0 Å². The number of hydrogen-bond acceptors (Lipinski definition) is 14. The summed E-state index contributed by atoms with van der Waals surface area (Å²) in [5.74, 6) is 1.58. The van der Waals surface area contributed by atoms with Gasteiger partial charge in [0.1, 0.15) is 37.0 Å². The van der Waals surface area contributed by atoms with E-state index in [2.05, 4.69) is 188 Å². The minimum absolute atomic E-state index is 0.759. The highest BCUT2D eigenvalue weighted by molar-refractivity contribution is 5.85. The zero-order valence-electron chi connectivity index (χ0n) is 50.7. The van der Waals surface area contributed by atoms with Crippen LogP contribution in [0.1, 0.15) is 62.1 Å². The fourth-order valence-corrected chi connectivity index (χ4v) is 6.33. The summed E-state index contributed by atoms with van der Waals surface area (Å²) in [6.07, 6.45) is 28.7. The van der Waals surface area contributed by atoms with Gasteiger partial charge in [-0.15, -0.1) is 0 Å². The highest BCUT2D eigenvalue weighted by atomic mass is 15.0. The summed E-state index contributed by atoms with van der Waals surface area (Å²) in [6, 6.07) is 57.4. The first-order valence-electron chi connectivity index (χ1n) is 27.3. The highest BCUT2D eigenvalue weighted by Crippen LogP contribution is 2.17. The van der Waals surface area contributed by atoms with E-state index in [0.717, 1.165) is 34.3 Å². The Labute approximate surface area is 503 Å². The number of rotatable bonds is 0. The van der Waals surface area contributed by atoms with Gasteiger partial charge in [-0.1, -0.05) is 139 Å². The van der Waals surface area contributed by atoms with E-state index in [1.807, 2.05) is 128 Å². The second-order valence-corrected chi connectivity index (χ2v) is 18.4. The molecular formula is C71H78N14. The van der Waals surface area contributed by atoms with Crippen molar-refractivity contribution in [3.63, 3.8) is 0 Å².